The van der Waals surface area contributed by atoms with E-state index in [9.17, 15) is 25.1 Å². The molecule has 1 amide bonds. The van der Waals surface area contributed by atoms with Crippen molar-refractivity contribution in [2.75, 3.05) is 0 Å². The summed E-state index contributed by atoms with van der Waals surface area (Å²) in [5, 5.41) is 32.7. The minimum Gasteiger partial charge on any atom is -0.481 e. The number of carbonyl (C=O) groups is 2. The molecule has 3 atom stereocenters. The molecule has 2 rings (SSSR count). The van der Waals surface area contributed by atoms with Crippen molar-refractivity contribution in [2.45, 2.75) is 57.8 Å². The molecule has 2 aromatic rings. The molecule has 0 saturated heterocycles. The number of hydrogen-bond donors (Lipinski definition) is 3. The van der Waals surface area contributed by atoms with Gasteiger partial charge in [0.25, 0.3) is 0 Å². The number of benzene rings is 2. The lowest BCUT2D eigenvalue weighted by molar-refractivity contribution is -0.143. The summed E-state index contributed by atoms with van der Waals surface area (Å²) in [5.41, 5.74) is 1.18. The molecule has 0 saturated carbocycles. The maximum absolute atomic E-state index is 12.4. The highest BCUT2D eigenvalue weighted by molar-refractivity contribution is 5.71. The summed E-state index contributed by atoms with van der Waals surface area (Å²) in [6.45, 7) is 5.22. The third-order valence-electron chi connectivity index (χ3n) is 4.94. The molecule has 3 unspecified atom stereocenters. The van der Waals surface area contributed by atoms with Crippen molar-refractivity contribution in [3.8, 4) is 6.07 Å². The second-order valence-electron chi connectivity index (χ2n) is 8.75. The van der Waals surface area contributed by atoms with E-state index >= 15 is 0 Å². The highest BCUT2D eigenvalue weighted by Crippen LogP contribution is 2.21. The van der Waals surface area contributed by atoms with Crippen LogP contribution in [0.1, 0.15) is 43.9 Å². The van der Waals surface area contributed by atoms with E-state index in [0.29, 0.717) is 17.5 Å². The van der Waals surface area contributed by atoms with Crippen LogP contribution in [0.15, 0.2) is 54.6 Å². The first-order valence-corrected chi connectivity index (χ1v) is 10.5. The van der Waals surface area contributed by atoms with Gasteiger partial charge in [0, 0.05) is 0 Å². The Kier molecular flexibility index (Phi) is 8.80. The zero-order valence-corrected chi connectivity index (χ0v) is 18.6. The van der Waals surface area contributed by atoms with Gasteiger partial charge in [0.1, 0.15) is 5.60 Å². The number of nitrogens with zero attached hydrogens (tertiary/aromatic N) is 1. The molecule has 170 valence electrons. The molecule has 0 bridgehead atoms. The van der Waals surface area contributed by atoms with Crippen LogP contribution in [0.3, 0.4) is 0 Å². The first-order chi connectivity index (χ1) is 15.1. The second-order valence-corrected chi connectivity index (χ2v) is 8.75. The van der Waals surface area contributed by atoms with Gasteiger partial charge in [-0.15, -0.1) is 0 Å². The van der Waals surface area contributed by atoms with Crippen molar-refractivity contribution in [1.29, 1.82) is 5.26 Å². The van der Waals surface area contributed by atoms with Crippen molar-refractivity contribution < 1.29 is 24.5 Å². The summed E-state index contributed by atoms with van der Waals surface area (Å²) >= 11 is 0. The number of aliphatic carboxylic acids is 1. The van der Waals surface area contributed by atoms with Crippen molar-refractivity contribution >= 4 is 12.1 Å². The van der Waals surface area contributed by atoms with Crippen LogP contribution in [-0.4, -0.2) is 40.0 Å². The van der Waals surface area contributed by atoms with Gasteiger partial charge in [-0.25, -0.2) is 4.79 Å². The smallest absolute Gasteiger partial charge is 0.407 e. The number of aliphatic hydroxyl groups is 1. The van der Waals surface area contributed by atoms with Gasteiger partial charge < -0.3 is 20.3 Å². The van der Waals surface area contributed by atoms with Crippen molar-refractivity contribution in [1.82, 2.24) is 5.32 Å². The molecule has 32 heavy (non-hydrogen) atoms. The fraction of sp³-hybridized carbons (Fsp3) is 0.400. The van der Waals surface area contributed by atoms with Crippen LogP contribution in [-0.2, 0) is 22.4 Å². The fourth-order valence-corrected chi connectivity index (χ4v) is 3.41. The predicted octanol–water partition coefficient (Wildman–Crippen LogP) is 3.69. The highest BCUT2D eigenvalue weighted by atomic mass is 16.6. The molecule has 2 aromatic carbocycles. The van der Waals surface area contributed by atoms with Crippen molar-refractivity contribution in [2.24, 2.45) is 5.92 Å². The van der Waals surface area contributed by atoms with E-state index in [1.807, 2.05) is 30.3 Å². The Morgan fingerprint density at radius 2 is 1.69 bits per heavy atom. The summed E-state index contributed by atoms with van der Waals surface area (Å²) in [7, 11) is 0. The van der Waals surface area contributed by atoms with Gasteiger partial charge >= 0.3 is 12.1 Å². The molecule has 0 radical (unpaired) electrons. The number of ether oxygens (including phenoxy) is 1. The van der Waals surface area contributed by atoms with E-state index in [2.05, 4.69) is 11.4 Å². The molecule has 0 heterocycles. The topological polar surface area (TPSA) is 120 Å². The first kappa shape index (κ1) is 24.9. The van der Waals surface area contributed by atoms with Crippen LogP contribution in [0.5, 0.6) is 0 Å². The quantitative estimate of drug-likeness (QED) is 0.549. The molecule has 0 aliphatic rings. The van der Waals surface area contributed by atoms with Gasteiger partial charge in [-0.2, -0.15) is 5.26 Å². The number of carboxylic acid groups (broad SMARTS) is 1. The molecule has 3 N–H and O–H groups in total. The Bertz CT molecular complexity index is 947. The Morgan fingerprint density at radius 1 is 1.06 bits per heavy atom. The Hall–Kier alpha value is -3.37. The molecular weight excluding hydrogens is 408 g/mol. The molecule has 0 aromatic heterocycles. The standard InChI is InChI=1S/C25H30N2O5/c1-25(2,3)32-24(31)27-21(13-17-9-5-4-6-10-17)22(28)15-20(23(29)30)14-18-11-7-8-12-19(18)16-26/h4-12,20-22,28H,13-15H2,1-3H3,(H,27,31)(H,29,30). The van der Waals surface area contributed by atoms with Gasteiger partial charge in [0.15, 0.2) is 0 Å². The fourth-order valence-electron chi connectivity index (χ4n) is 3.41. The van der Waals surface area contributed by atoms with E-state index in [1.165, 1.54) is 0 Å². The minimum absolute atomic E-state index is 0.0948. The molecular formula is C25H30N2O5. The van der Waals surface area contributed by atoms with Crippen LogP contribution in [0.4, 0.5) is 4.79 Å². The number of alkyl carbamates (subject to hydrolysis) is 1. The number of hydrogen-bond acceptors (Lipinski definition) is 5. The van der Waals surface area contributed by atoms with Crippen LogP contribution >= 0.6 is 0 Å². The van der Waals surface area contributed by atoms with Gasteiger partial charge in [0.05, 0.1) is 29.7 Å². The average molecular weight is 439 g/mol. The minimum atomic E-state index is -1.14. The second kappa shape index (κ2) is 11.3. The summed E-state index contributed by atoms with van der Waals surface area (Å²) in [5.74, 6) is -2.01. The van der Waals surface area contributed by atoms with Crippen molar-refractivity contribution in [3.05, 3.63) is 71.3 Å². The number of carbonyl (C=O) groups excluding carboxylic acids is 1. The zero-order chi connectivity index (χ0) is 23.7. The number of nitriles is 1. The maximum atomic E-state index is 12.4. The summed E-state index contributed by atoms with van der Waals surface area (Å²) in [6, 6.07) is 17.4. The van der Waals surface area contributed by atoms with Gasteiger partial charge in [-0.3, -0.25) is 4.79 Å². The Balaban J connectivity index is 2.19. The number of aliphatic hydroxyl groups excluding tert-OH is 1. The predicted molar refractivity (Wildman–Crippen MR) is 120 cm³/mol. The first-order valence-electron chi connectivity index (χ1n) is 10.5. The number of nitrogens with one attached hydrogen (secondary N) is 1. The Morgan fingerprint density at radius 3 is 2.28 bits per heavy atom. The molecule has 0 aliphatic heterocycles. The third kappa shape index (κ3) is 8.05. The van der Waals surface area contributed by atoms with Crippen LogP contribution in [0, 0.1) is 17.2 Å². The highest BCUT2D eigenvalue weighted by Gasteiger charge is 2.30. The number of carboxylic acids is 1. The van der Waals surface area contributed by atoms with Crippen LogP contribution in [0.2, 0.25) is 0 Å². The number of amides is 1. The van der Waals surface area contributed by atoms with Crippen LogP contribution in [0.25, 0.3) is 0 Å². The lowest BCUT2D eigenvalue weighted by Gasteiger charge is -2.28. The average Bonchev–Trinajstić information content (AvgIpc) is 2.72. The summed E-state index contributed by atoms with van der Waals surface area (Å²) in [6.07, 6.45) is -1.51. The molecule has 0 fully saturated rings. The monoisotopic (exact) mass is 438 g/mol. The maximum Gasteiger partial charge on any atom is 0.407 e. The largest absolute Gasteiger partial charge is 0.481 e. The zero-order valence-electron chi connectivity index (χ0n) is 18.6. The molecule has 0 spiro atoms. The molecule has 0 aliphatic carbocycles. The van der Waals surface area contributed by atoms with Gasteiger partial charge in [0.2, 0.25) is 0 Å². The van der Waals surface area contributed by atoms with E-state index in [-0.39, 0.29) is 12.8 Å². The van der Waals surface area contributed by atoms with Crippen LogP contribution < -0.4 is 5.32 Å². The summed E-state index contributed by atoms with van der Waals surface area (Å²) in [4.78, 5) is 24.3. The third-order valence-corrected chi connectivity index (χ3v) is 4.94. The lowest BCUT2D eigenvalue weighted by atomic mass is 9.88. The van der Waals surface area contributed by atoms with E-state index in [1.54, 1.807) is 45.0 Å². The van der Waals surface area contributed by atoms with Crippen molar-refractivity contribution in [3.63, 3.8) is 0 Å². The summed E-state index contributed by atoms with van der Waals surface area (Å²) < 4.78 is 5.32. The van der Waals surface area contributed by atoms with Gasteiger partial charge in [-0.05, 0) is 57.2 Å². The normalized spacial score (nSPS) is 14.0. The molecule has 7 nitrogen and oxygen atoms in total. The Labute approximate surface area is 188 Å². The molecule has 7 heteroatoms. The van der Waals surface area contributed by atoms with Gasteiger partial charge in [-0.1, -0.05) is 48.5 Å². The van der Waals surface area contributed by atoms with E-state index in [4.69, 9.17) is 4.74 Å². The lowest BCUT2D eigenvalue weighted by Crippen LogP contribution is -2.47. The number of rotatable bonds is 9. The SMILES string of the molecule is CC(C)(C)OC(=O)NC(Cc1ccccc1)C(O)CC(Cc1ccccc1C#N)C(=O)O. The van der Waals surface area contributed by atoms with E-state index < -0.39 is 35.7 Å². The van der Waals surface area contributed by atoms with E-state index in [0.717, 1.165) is 5.56 Å².